The molecule has 46 heavy (non-hydrogen) atoms. The van der Waals surface area contributed by atoms with E-state index >= 15 is 0 Å². The Bertz CT molecular complexity index is 1460. The lowest BCUT2D eigenvalue weighted by atomic mass is 9.90. The standard InChI is InChI=1S/C24H32N2O6.C10H12N2O2/c1-24(2,3)32-23(30)26-19(14-16-8-6-5-7-9-16)21(27)20(22(28)29)25-15-17-10-12-18(31-4)13-11-17;11-9(14)10(12)7-4-2-1-3-6(7)5-8(10)13/h5-13,19-21,25,27H,14-15H2,1-4H3,(H,26,30)(H,28,29);1-4,8,13H,5,12H2,(H2,11,14)/t19-,20+,21-;8?,10-/m00/s1. The summed E-state index contributed by atoms with van der Waals surface area (Å²) < 4.78 is 10.4. The fourth-order valence-electron chi connectivity index (χ4n) is 5.09. The fraction of sp³-hybridized carbons (Fsp3) is 0.382. The Morgan fingerprint density at radius 1 is 0.978 bits per heavy atom. The third-order valence-electron chi connectivity index (χ3n) is 7.52. The minimum Gasteiger partial charge on any atom is -0.497 e. The molecule has 248 valence electrons. The van der Waals surface area contributed by atoms with E-state index in [-0.39, 0.29) is 13.0 Å². The van der Waals surface area contributed by atoms with Gasteiger partial charge in [0.15, 0.2) is 0 Å². The Morgan fingerprint density at radius 2 is 1.59 bits per heavy atom. The molecule has 1 aliphatic carbocycles. The number of carbonyl (C=O) groups excluding carboxylic acids is 2. The van der Waals surface area contributed by atoms with Crippen LogP contribution in [0.1, 0.15) is 43.0 Å². The number of aliphatic hydroxyl groups excluding tert-OH is 2. The number of nitrogens with two attached hydrogens (primary N) is 2. The van der Waals surface area contributed by atoms with Crippen molar-refractivity contribution in [2.24, 2.45) is 11.5 Å². The molecule has 1 unspecified atom stereocenters. The Balaban J connectivity index is 0.000000339. The van der Waals surface area contributed by atoms with Crippen molar-refractivity contribution in [3.05, 3.63) is 101 Å². The number of hydrogen-bond acceptors (Lipinski definition) is 9. The first-order valence-electron chi connectivity index (χ1n) is 14.8. The van der Waals surface area contributed by atoms with Gasteiger partial charge in [-0.05, 0) is 61.6 Å². The van der Waals surface area contributed by atoms with Gasteiger partial charge in [0, 0.05) is 13.0 Å². The average molecular weight is 637 g/mol. The molecule has 0 saturated heterocycles. The lowest BCUT2D eigenvalue weighted by Gasteiger charge is -2.30. The quantitative estimate of drug-likeness (QED) is 0.163. The molecule has 0 aromatic heterocycles. The smallest absolute Gasteiger partial charge is 0.407 e. The molecule has 4 rings (SSSR count). The number of fused-ring (bicyclic) bond motifs is 1. The number of aliphatic carboxylic acids is 1. The molecule has 3 aromatic carbocycles. The zero-order chi connectivity index (χ0) is 34.1. The van der Waals surface area contributed by atoms with Crippen LogP contribution < -0.4 is 26.8 Å². The van der Waals surface area contributed by atoms with Crippen molar-refractivity contribution in [1.29, 1.82) is 0 Å². The molecule has 1 aliphatic rings. The van der Waals surface area contributed by atoms with Gasteiger partial charge in [-0.2, -0.15) is 0 Å². The summed E-state index contributed by atoms with van der Waals surface area (Å²) in [4.78, 5) is 35.6. The van der Waals surface area contributed by atoms with Crippen molar-refractivity contribution < 1.29 is 39.2 Å². The summed E-state index contributed by atoms with van der Waals surface area (Å²) in [7, 11) is 1.56. The molecule has 0 saturated carbocycles. The van der Waals surface area contributed by atoms with Crippen molar-refractivity contribution >= 4 is 18.0 Å². The number of amides is 2. The van der Waals surface area contributed by atoms with E-state index < -0.39 is 53.4 Å². The van der Waals surface area contributed by atoms with Crippen LogP contribution in [-0.4, -0.2) is 70.3 Å². The van der Waals surface area contributed by atoms with Crippen LogP contribution in [0.25, 0.3) is 0 Å². The Labute approximate surface area is 268 Å². The van der Waals surface area contributed by atoms with E-state index in [2.05, 4.69) is 10.6 Å². The number of alkyl carbamates (subject to hydrolysis) is 1. The van der Waals surface area contributed by atoms with Crippen molar-refractivity contribution in [1.82, 2.24) is 10.6 Å². The summed E-state index contributed by atoms with van der Waals surface area (Å²) in [6.45, 7) is 5.39. The normalized spacial score (nSPS) is 19.0. The highest BCUT2D eigenvalue weighted by molar-refractivity contribution is 5.88. The minimum atomic E-state index is -1.42. The van der Waals surface area contributed by atoms with Crippen LogP contribution >= 0.6 is 0 Å². The zero-order valence-corrected chi connectivity index (χ0v) is 26.5. The number of hydrogen-bond donors (Lipinski definition) is 7. The molecule has 9 N–H and O–H groups in total. The van der Waals surface area contributed by atoms with Gasteiger partial charge in [-0.25, -0.2) is 4.79 Å². The number of aliphatic hydroxyl groups is 2. The highest BCUT2D eigenvalue weighted by Gasteiger charge is 2.47. The molecule has 0 bridgehead atoms. The summed E-state index contributed by atoms with van der Waals surface area (Å²) in [6, 6.07) is 21.3. The van der Waals surface area contributed by atoms with Gasteiger partial charge in [0.1, 0.15) is 29.0 Å². The number of benzene rings is 3. The molecule has 5 atom stereocenters. The van der Waals surface area contributed by atoms with Gasteiger partial charge < -0.3 is 41.6 Å². The molecule has 0 radical (unpaired) electrons. The van der Waals surface area contributed by atoms with Gasteiger partial charge in [0.05, 0.1) is 19.3 Å². The SMILES string of the molecule is COc1ccc(CN[C@@H](C(=O)O)[C@@H](O)[C@H](Cc2ccccc2)NC(=O)OC(C)(C)C)cc1.NC(=O)[C@]1(N)c2ccccc2CC1O. The maximum atomic E-state index is 12.4. The number of methoxy groups -OCH3 is 1. The van der Waals surface area contributed by atoms with Gasteiger partial charge in [-0.15, -0.1) is 0 Å². The molecule has 0 fully saturated rings. The van der Waals surface area contributed by atoms with E-state index in [0.717, 1.165) is 16.7 Å². The molecular formula is C34H44N4O8. The van der Waals surface area contributed by atoms with Crippen LogP contribution in [0.3, 0.4) is 0 Å². The Kier molecular flexibility index (Phi) is 12.3. The Morgan fingerprint density at radius 3 is 2.15 bits per heavy atom. The molecule has 0 spiro atoms. The second kappa shape index (κ2) is 15.7. The van der Waals surface area contributed by atoms with E-state index in [4.69, 9.17) is 20.9 Å². The summed E-state index contributed by atoms with van der Waals surface area (Å²) in [5.41, 5.74) is 12.1. The summed E-state index contributed by atoms with van der Waals surface area (Å²) in [6.07, 6.45) is -2.45. The van der Waals surface area contributed by atoms with Gasteiger partial charge in [0.25, 0.3) is 0 Å². The summed E-state index contributed by atoms with van der Waals surface area (Å²) >= 11 is 0. The van der Waals surface area contributed by atoms with Gasteiger partial charge >= 0.3 is 12.1 Å². The molecular weight excluding hydrogens is 592 g/mol. The van der Waals surface area contributed by atoms with Crippen LogP contribution in [0.2, 0.25) is 0 Å². The van der Waals surface area contributed by atoms with Crippen molar-refractivity contribution in [2.45, 2.75) is 75.6 Å². The first-order chi connectivity index (χ1) is 21.6. The molecule has 2 amide bonds. The first-order valence-corrected chi connectivity index (χ1v) is 14.8. The third-order valence-corrected chi connectivity index (χ3v) is 7.52. The number of rotatable bonds is 11. The molecule has 0 heterocycles. The predicted octanol–water partition coefficient (Wildman–Crippen LogP) is 1.98. The van der Waals surface area contributed by atoms with Crippen molar-refractivity contribution in [3.63, 3.8) is 0 Å². The number of carboxylic acid groups (broad SMARTS) is 1. The monoisotopic (exact) mass is 636 g/mol. The van der Waals surface area contributed by atoms with Crippen LogP contribution in [0.4, 0.5) is 4.79 Å². The highest BCUT2D eigenvalue weighted by Crippen LogP contribution is 2.34. The maximum Gasteiger partial charge on any atom is 0.407 e. The van der Waals surface area contributed by atoms with Crippen LogP contribution in [-0.2, 0) is 39.3 Å². The van der Waals surface area contributed by atoms with Crippen molar-refractivity contribution in [2.75, 3.05) is 7.11 Å². The average Bonchev–Trinajstić information content (AvgIpc) is 3.27. The largest absolute Gasteiger partial charge is 0.497 e. The number of nitrogens with one attached hydrogen (secondary N) is 2. The van der Waals surface area contributed by atoms with Crippen LogP contribution in [0.5, 0.6) is 5.75 Å². The van der Waals surface area contributed by atoms with Gasteiger partial charge in [0.2, 0.25) is 5.91 Å². The zero-order valence-electron chi connectivity index (χ0n) is 26.5. The number of carboxylic acids is 1. The predicted molar refractivity (Wildman–Crippen MR) is 172 cm³/mol. The summed E-state index contributed by atoms with van der Waals surface area (Å²) in [5.74, 6) is -1.22. The lowest BCUT2D eigenvalue weighted by molar-refractivity contribution is -0.143. The highest BCUT2D eigenvalue weighted by atomic mass is 16.6. The van der Waals surface area contributed by atoms with E-state index in [9.17, 15) is 29.7 Å². The van der Waals surface area contributed by atoms with E-state index in [0.29, 0.717) is 17.7 Å². The number of ether oxygens (including phenoxy) is 2. The van der Waals surface area contributed by atoms with Crippen molar-refractivity contribution in [3.8, 4) is 5.75 Å². The van der Waals surface area contributed by atoms with Gasteiger partial charge in [-0.1, -0.05) is 66.7 Å². The lowest BCUT2D eigenvalue weighted by Crippen LogP contribution is -2.57. The molecule has 12 heteroatoms. The molecule has 12 nitrogen and oxygen atoms in total. The topological polar surface area (TPSA) is 206 Å². The number of primary amides is 1. The third kappa shape index (κ3) is 9.51. The van der Waals surface area contributed by atoms with Crippen LogP contribution in [0.15, 0.2) is 78.9 Å². The van der Waals surface area contributed by atoms with E-state index in [1.54, 1.807) is 64.3 Å². The molecule has 0 aliphatic heterocycles. The molecule has 3 aromatic rings. The van der Waals surface area contributed by atoms with Gasteiger partial charge in [-0.3, -0.25) is 14.9 Å². The number of carbonyl (C=O) groups is 3. The second-order valence-electron chi connectivity index (χ2n) is 12.1. The van der Waals surface area contributed by atoms with E-state index in [1.165, 1.54) is 0 Å². The van der Waals surface area contributed by atoms with E-state index in [1.807, 2.05) is 42.5 Å². The van der Waals surface area contributed by atoms with Crippen LogP contribution in [0, 0.1) is 0 Å². The maximum absolute atomic E-state index is 12.4. The minimum absolute atomic E-state index is 0.211. The fourth-order valence-corrected chi connectivity index (χ4v) is 5.09. The Hall–Kier alpha value is -4.49. The summed E-state index contributed by atoms with van der Waals surface area (Å²) in [5, 5.41) is 36.0. The first kappa shape index (κ1) is 36.0. The second-order valence-corrected chi connectivity index (χ2v) is 12.1.